The summed E-state index contributed by atoms with van der Waals surface area (Å²) in [6.45, 7) is 5.94. The zero-order valence-corrected chi connectivity index (χ0v) is 20.2. The molecule has 0 heterocycles. The molecule has 0 saturated carbocycles. The number of amidine groups is 1. The lowest BCUT2D eigenvalue weighted by atomic mass is 10.0. The van der Waals surface area contributed by atoms with Crippen molar-refractivity contribution in [3.63, 3.8) is 0 Å². The Hall–Kier alpha value is -2.98. The van der Waals surface area contributed by atoms with Gasteiger partial charge < -0.3 is 9.64 Å². The standard InChI is InChI=1S/C28H32N2OS/c1-6-7-21(2)29-28(30(3)4)20-22-8-10-23(11-9-22)24-12-14-25(15-13-24)31-26-16-18-27(32-5)19-17-26/h6,8-19,21H,1,7,20H2,2-5H3. The number of rotatable bonds is 9. The summed E-state index contributed by atoms with van der Waals surface area (Å²) in [7, 11) is 4.10. The Balaban J connectivity index is 1.66. The predicted molar refractivity (Wildman–Crippen MR) is 139 cm³/mol. The highest BCUT2D eigenvalue weighted by molar-refractivity contribution is 7.98. The van der Waals surface area contributed by atoms with Gasteiger partial charge in [0, 0.05) is 25.4 Å². The largest absolute Gasteiger partial charge is 0.457 e. The van der Waals surface area contributed by atoms with Gasteiger partial charge in [-0.1, -0.05) is 42.5 Å². The van der Waals surface area contributed by atoms with Crippen molar-refractivity contribution in [2.45, 2.75) is 30.7 Å². The van der Waals surface area contributed by atoms with Crippen molar-refractivity contribution in [3.05, 3.63) is 91.0 Å². The second kappa shape index (κ2) is 11.6. The van der Waals surface area contributed by atoms with Crippen molar-refractivity contribution in [1.82, 2.24) is 4.90 Å². The predicted octanol–water partition coefficient (Wildman–Crippen LogP) is 7.34. The molecule has 32 heavy (non-hydrogen) atoms. The molecule has 0 aromatic heterocycles. The van der Waals surface area contributed by atoms with Crippen molar-refractivity contribution in [1.29, 1.82) is 0 Å². The highest BCUT2D eigenvalue weighted by atomic mass is 32.2. The van der Waals surface area contributed by atoms with Gasteiger partial charge in [0.1, 0.15) is 17.3 Å². The number of hydrogen-bond donors (Lipinski definition) is 0. The highest BCUT2D eigenvalue weighted by Crippen LogP contribution is 2.27. The molecule has 0 N–H and O–H groups in total. The second-order valence-electron chi connectivity index (χ2n) is 7.99. The molecule has 0 bridgehead atoms. The van der Waals surface area contributed by atoms with Gasteiger partial charge in [0.2, 0.25) is 0 Å². The van der Waals surface area contributed by atoms with Gasteiger partial charge in [-0.15, -0.1) is 18.3 Å². The third-order valence-corrected chi connectivity index (χ3v) is 5.94. The van der Waals surface area contributed by atoms with Crippen molar-refractivity contribution in [3.8, 4) is 22.6 Å². The van der Waals surface area contributed by atoms with Gasteiger partial charge in [-0.3, -0.25) is 4.99 Å². The zero-order valence-electron chi connectivity index (χ0n) is 19.4. The number of likely N-dealkylation sites (N-methyl/N-ethyl adjacent to an activating group) is 1. The van der Waals surface area contributed by atoms with Crippen LogP contribution in [0.1, 0.15) is 18.9 Å². The van der Waals surface area contributed by atoms with Gasteiger partial charge in [-0.2, -0.15) is 0 Å². The molecule has 166 valence electrons. The number of nitrogens with zero attached hydrogens (tertiary/aromatic N) is 2. The molecule has 4 heteroatoms. The summed E-state index contributed by atoms with van der Waals surface area (Å²) in [5.41, 5.74) is 3.61. The maximum atomic E-state index is 5.97. The van der Waals surface area contributed by atoms with Crippen LogP contribution in [0.5, 0.6) is 11.5 Å². The van der Waals surface area contributed by atoms with Gasteiger partial charge in [0.25, 0.3) is 0 Å². The maximum Gasteiger partial charge on any atom is 0.127 e. The first kappa shape index (κ1) is 23.7. The minimum absolute atomic E-state index is 0.244. The Morgan fingerprint density at radius 3 is 1.97 bits per heavy atom. The number of hydrogen-bond acceptors (Lipinski definition) is 3. The summed E-state index contributed by atoms with van der Waals surface area (Å²) in [5, 5.41) is 0. The molecule has 3 aromatic carbocycles. The molecule has 0 amide bonds. The Morgan fingerprint density at radius 1 is 0.938 bits per heavy atom. The first-order valence-corrected chi connectivity index (χ1v) is 12.1. The summed E-state index contributed by atoms with van der Waals surface area (Å²) in [5.74, 6) is 2.77. The van der Waals surface area contributed by atoms with Crippen molar-refractivity contribution >= 4 is 17.6 Å². The van der Waals surface area contributed by atoms with Crippen LogP contribution in [0, 0.1) is 0 Å². The normalized spacial score (nSPS) is 12.3. The van der Waals surface area contributed by atoms with Crippen LogP contribution in [0.3, 0.4) is 0 Å². The van der Waals surface area contributed by atoms with E-state index in [1.54, 1.807) is 11.8 Å². The molecule has 0 spiro atoms. The fraction of sp³-hybridized carbons (Fsp3) is 0.250. The van der Waals surface area contributed by atoms with E-state index in [4.69, 9.17) is 9.73 Å². The minimum atomic E-state index is 0.244. The molecule has 3 rings (SSSR count). The van der Waals surface area contributed by atoms with Crippen LogP contribution in [0.2, 0.25) is 0 Å². The lowest BCUT2D eigenvalue weighted by Crippen LogP contribution is -2.25. The van der Waals surface area contributed by atoms with Crippen LogP contribution >= 0.6 is 11.8 Å². The minimum Gasteiger partial charge on any atom is -0.457 e. The first-order valence-electron chi connectivity index (χ1n) is 10.8. The van der Waals surface area contributed by atoms with Crippen molar-refractivity contribution in [2.24, 2.45) is 4.99 Å². The molecular formula is C28H32N2OS. The molecule has 3 nitrogen and oxygen atoms in total. The van der Waals surface area contributed by atoms with E-state index in [1.165, 1.54) is 21.6 Å². The Bertz CT molecular complexity index is 1020. The summed E-state index contributed by atoms with van der Waals surface area (Å²) < 4.78 is 5.97. The van der Waals surface area contributed by atoms with Gasteiger partial charge in [0.05, 0.1) is 6.04 Å². The molecule has 3 aromatic rings. The molecule has 0 aliphatic heterocycles. The summed E-state index contributed by atoms with van der Waals surface area (Å²) in [6, 6.07) is 25.3. The van der Waals surface area contributed by atoms with Crippen molar-refractivity contribution in [2.75, 3.05) is 20.4 Å². The van der Waals surface area contributed by atoms with Gasteiger partial charge in [-0.25, -0.2) is 0 Å². The number of benzene rings is 3. The van der Waals surface area contributed by atoms with E-state index < -0.39 is 0 Å². The van der Waals surface area contributed by atoms with E-state index in [-0.39, 0.29) is 6.04 Å². The second-order valence-corrected chi connectivity index (χ2v) is 8.87. The van der Waals surface area contributed by atoms with Gasteiger partial charge >= 0.3 is 0 Å². The monoisotopic (exact) mass is 444 g/mol. The SMILES string of the molecule is C=CCC(C)N=C(Cc1ccc(-c2ccc(Oc3ccc(SC)cc3)cc2)cc1)N(C)C. The van der Waals surface area contributed by atoms with E-state index in [2.05, 4.69) is 87.3 Å². The molecule has 1 unspecified atom stereocenters. The summed E-state index contributed by atoms with van der Waals surface area (Å²) in [4.78, 5) is 8.18. The van der Waals surface area contributed by atoms with E-state index >= 15 is 0 Å². The topological polar surface area (TPSA) is 24.8 Å². The van der Waals surface area contributed by atoms with Crippen molar-refractivity contribution < 1.29 is 4.74 Å². The van der Waals surface area contributed by atoms with Gasteiger partial charge in [0.15, 0.2) is 0 Å². The Labute approximate surface area is 196 Å². The van der Waals surface area contributed by atoms with E-state index in [0.29, 0.717) is 0 Å². The van der Waals surface area contributed by atoms with Crippen LogP contribution in [0.4, 0.5) is 0 Å². The summed E-state index contributed by atoms with van der Waals surface area (Å²) in [6.07, 6.45) is 5.70. The molecule has 0 radical (unpaired) electrons. The highest BCUT2D eigenvalue weighted by Gasteiger charge is 2.08. The molecular weight excluding hydrogens is 412 g/mol. The average Bonchev–Trinajstić information content (AvgIpc) is 2.80. The average molecular weight is 445 g/mol. The van der Waals surface area contributed by atoms with Crippen LogP contribution in [-0.4, -0.2) is 37.1 Å². The number of ether oxygens (including phenoxy) is 1. The molecule has 1 atom stereocenters. The molecule has 0 fully saturated rings. The number of thioether (sulfide) groups is 1. The third kappa shape index (κ3) is 6.76. The van der Waals surface area contributed by atoms with Crippen LogP contribution < -0.4 is 4.74 Å². The lowest BCUT2D eigenvalue weighted by molar-refractivity contribution is 0.482. The third-order valence-electron chi connectivity index (χ3n) is 5.19. The number of aliphatic imine (C=N–C) groups is 1. The fourth-order valence-electron chi connectivity index (χ4n) is 3.36. The molecule has 0 aliphatic carbocycles. The maximum absolute atomic E-state index is 5.97. The fourth-order valence-corrected chi connectivity index (χ4v) is 3.77. The first-order chi connectivity index (χ1) is 15.5. The van der Waals surface area contributed by atoms with E-state index in [9.17, 15) is 0 Å². The van der Waals surface area contributed by atoms with E-state index in [1.807, 2.05) is 30.3 Å². The van der Waals surface area contributed by atoms with Gasteiger partial charge in [-0.05, 0) is 72.7 Å². The van der Waals surface area contributed by atoms with Crippen LogP contribution in [0.25, 0.3) is 11.1 Å². The Kier molecular flexibility index (Phi) is 8.57. The molecule has 0 saturated heterocycles. The Morgan fingerprint density at radius 2 is 1.47 bits per heavy atom. The smallest absolute Gasteiger partial charge is 0.127 e. The van der Waals surface area contributed by atoms with E-state index in [0.717, 1.165) is 30.2 Å². The quantitative estimate of drug-likeness (QED) is 0.149. The summed E-state index contributed by atoms with van der Waals surface area (Å²) >= 11 is 1.72. The van der Waals surface area contributed by atoms with Crippen LogP contribution in [-0.2, 0) is 6.42 Å². The van der Waals surface area contributed by atoms with Crippen LogP contribution in [0.15, 0.2) is 95.3 Å². The molecule has 0 aliphatic rings. The lowest BCUT2D eigenvalue weighted by Gasteiger charge is -2.18. The zero-order chi connectivity index (χ0) is 22.9.